The van der Waals surface area contributed by atoms with Gasteiger partial charge in [-0.25, -0.2) is 9.97 Å². The van der Waals surface area contributed by atoms with Crippen LogP contribution in [0.3, 0.4) is 0 Å². The lowest BCUT2D eigenvalue weighted by molar-refractivity contribution is 1.01. The third-order valence-electron chi connectivity index (χ3n) is 9.53. The van der Waals surface area contributed by atoms with Crippen molar-refractivity contribution in [3.05, 3.63) is 170 Å². The summed E-state index contributed by atoms with van der Waals surface area (Å²) in [6.07, 6.45) is 0. The fourth-order valence-corrected chi connectivity index (χ4v) is 7.36. The molecule has 0 unspecified atom stereocenters. The molecule has 0 spiro atoms. The first-order valence-electron chi connectivity index (χ1n) is 16.3. The van der Waals surface area contributed by atoms with Crippen LogP contribution in [0, 0.1) is 0 Å². The highest BCUT2D eigenvalue weighted by Gasteiger charge is 2.18. The lowest BCUT2D eigenvalue weighted by Crippen LogP contribution is -2.03. The molecule has 0 aliphatic rings. The van der Waals surface area contributed by atoms with Crippen molar-refractivity contribution >= 4 is 54.5 Å². The number of hydrogen-bond acceptors (Lipinski definition) is 2. The lowest BCUT2D eigenvalue weighted by Gasteiger charge is -2.12. The zero-order valence-electron chi connectivity index (χ0n) is 26.0. The first-order valence-corrected chi connectivity index (χ1v) is 16.3. The van der Waals surface area contributed by atoms with Crippen molar-refractivity contribution in [3.8, 4) is 34.0 Å². The summed E-state index contributed by atoms with van der Waals surface area (Å²) < 4.78 is 4.57. The molecule has 0 radical (unpaired) electrons. The highest BCUT2D eigenvalue weighted by Crippen LogP contribution is 2.38. The Balaban J connectivity index is 1.18. The first kappa shape index (κ1) is 26.7. The van der Waals surface area contributed by atoms with Gasteiger partial charge in [0, 0.05) is 38.2 Å². The summed E-state index contributed by atoms with van der Waals surface area (Å²) in [6.45, 7) is 0. The number of nitrogens with zero attached hydrogens (tertiary/aromatic N) is 4. The SMILES string of the molecule is c1ccc(-c2nc(-n3c4ccccc4c4cc(-c5ccc6c(c5)c5ccccc5n6-c5ccccc5)ccc43)nc3ccccc23)cc1. The standard InChI is InChI=1S/C44H28N4/c1-3-13-29(14-4-1)43-35-19-7-10-20-38(35)45-44(46-43)48-40-22-12-9-18-34(40)37-28-31(24-26-42(37)48)30-23-25-41-36(27-30)33-17-8-11-21-39(33)47(41)32-15-5-2-6-16-32/h1-28H. The maximum atomic E-state index is 5.23. The summed E-state index contributed by atoms with van der Waals surface area (Å²) in [5, 5.41) is 5.88. The zero-order valence-corrected chi connectivity index (χ0v) is 26.0. The summed E-state index contributed by atoms with van der Waals surface area (Å²) in [7, 11) is 0. The monoisotopic (exact) mass is 612 g/mol. The van der Waals surface area contributed by atoms with E-state index in [0.29, 0.717) is 5.95 Å². The normalized spacial score (nSPS) is 11.8. The van der Waals surface area contributed by atoms with Crippen LogP contribution in [0.15, 0.2) is 170 Å². The van der Waals surface area contributed by atoms with E-state index in [9.17, 15) is 0 Å². The molecule has 10 rings (SSSR count). The molecule has 4 nitrogen and oxygen atoms in total. The minimum absolute atomic E-state index is 0.668. The number of hydrogen-bond donors (Lipinski definition) is 0. The Bertz CT molecular complexity index is 2830. The van der Waals surface area contributed by atoms with E-state index in [1.165, 1.54) is 43.7 Å². The minimum atomic E-state index is 0.668. The number of fused-ring (bicyclic) bond motifs is 7. The Morgan fingerprint density at radius 3 is 1.50 bits per heavy atom. The summed E-state index contributed by atoms with van der Waals surface area (Å²) in [6, 6.07) is 60.2. The van der Waals surface area contributed by atoms with Crippen molar-refractivity contribution in [2.75, 3.05) is 0 Å². The van der Waals surface area contributed by atoms with E-state index in [1.54, 1.807) is 0 Å². The van der Waals surface area contributed by atoms with Gasteiger partial charge < -0.3 is 4.57 Å². The van der Waals surface area contributed by atoms with Crippen molar-refractivity contribution in [1.82, 2.24) is 19.1 Å². The van der Waals surface area contributed by atoms with Crippen LogP contribution in [-0.4, -0.2) is 19.1 Å². The smallest absolute Gasteiger partial charge is 0.235 e. The Labute approximate surface area is 276 Å². The highest BCUT2D eigenvalue weighted by atomic mass is 15.2. The van der Waals surface area contributed by atoms with Crippen LogP contribution in [0.2, 0.25) is 0 Å². The van der Waals surface area contributed by atoms with Crippen LogP contribution in [0.5, 0.6) is 0 Å². The molecule has 0 aliphatic heterocycles. The second kappa shape index (κ2) is 10.5. The van der Waals surface area contributed by atoms with Gasteiger partial charge in [-0.05, 0) is 65.7 Å². The third kappa shape index (κ3) is 4.03. The van der Waals surface area contributed by atoms with E-state index in [1.807, 2.05) is 12.1 Å². The molecule has 4 heteroatoms. The molecule has 0 saturated carbocycles. The van der Waals surface area contributed by atoms with Crippen LogP contribution in [0.25, 0.3) is 88.5 Å². The third-order valence-corrected chi connectivity index (χ3v) is 9.53. The first-order chi connectivity index (χ1) is 23.8. The second-order valence-corrected chi connectivity index (χ2v) is 12.3. The van der Waals surface area contributed by atoms with Gasteiger partial charge in [0.25, 0.3) is 0 Å². The average molecular weight is 613 g/mol. The van der Waals surface area contributed by atoms with Crippen molar-refractivity contribution in [3.63, 3.8) is 0 Å². The van der Waals surface area contributed by atoms with Crippen LogP contribution in [0.4, 0.5) is 0 Å². The van der Waals surface area contributed by atoms with Gasteiger partial charge in [0.2, 0.25) is 5.95 Å². The Morgan fingerprint density at radius 2 is 0.833 bits per heavy atom. The minimum Gasteiger partial charge on any atom is -0.309 e. The molecule has 10 aromatic rings. The second-order valence-electron chi connectivity index (χ2n) is 12.3. The van der Waals surface area contributed by atoms with Crippen LogP contribution >= 0.6 is 0 Å². The van der Waals surface area contributed by atoms with Crippen LogP contribution in [0.1, 0.15) is 0 Å². The number of benzene rings is 7. The molecule has 0 bridgehead atoms. The molecule has 0 amide bonds. The Kier molecular flexibility index (Phi) is 5.84. The highest BCUT2D eigenvalue weighted by molar-refractivity contribution is 6.12. The van der Waals surface area contributed by atoms with E-state index >= 15 is 0 Å². The van der Waals surface area contributed by atoms with E-state index in [0.717, 1.165) is 38.9 Å². The molecule has 0 saturated heterocycles. The Hall–Kier alpha value is -6.52. The maximum Gasteiger partial charge on any atom is 0.235 e. The van der Waals surface area contributed by atoms with Crippen molar-refractivity contribution in [2.45, 2.75) is 0 Å². The van der Waals surface area contributed by atoms with E-state index in [2.05, 4.69) is 167 Å². The van der Waals surface area contributed by atoms with Gasteiger partial charge in [0.15, 0.2) is 0 Å². The topological polar surface area (TPSA) is 35.6 Å². The van der Waals surface area contributed by atoms with Gasteiger partial charge in [0.05, 0.1) is 33.3 Å². The summed E-state index contributed by atoms with van der Waals surface area (Å²) in [5.74, 6) is 0.668. The predicted molar refractivity (Wildman–Crippen MR) is 199 cm³/mol. The molecule has 0 fully saturated rings. The summed E-state index contributed by atoms with van der Waals surface area (Å²) in [4.78, 5) is 10.4. The van der Waals surface area contributed by atoms with E-state index < -0.39 is 0 Å². The number of rotatable bonds is 4. The molecule has 224 valence electrons. The Morgan fingerprint density at radius 1 is 0.333 bits per heavy atom. The molecular weight excluding hydrogens is 585 g/mol. The van der Waals surface area contributed by atoms with Gasteiger partial charge in [-0.1, -0.05) is 115 Å². The molecule has 48 heavy (non-hydrogen) atoms. The van der Waals surface area contributed by atoms with Gasteiger partial charge in [-0.3, -0.25) is 4.57 Å². The summed E-state index contributed by atoms with van der Waals surface area (Å²) >= 11 is 0. The molecule has 3 aromatic heterocycles. The van der Waals surface area contributed by atoms with Crippen molar-refractivity contribution < 1.29 is 0 Å². The molecule has 7 aromatic carbocycles. The lowest BCUT2D eigenvalue weighted by atomic mass is 10.0. The molecule has 3 heterocycles. The fourth-order valence-electron chi connectivity index (χ4n) is 7.36. The van der Waals surface area contributed by atoms with E-state index in [-0.39, 0.29) is 0 Å². The number of aromatic nitrogens is 4. The van der Waals surface area contributed by atoms with Crippen molar-refractivity contribution in [1.29, 1.82) is 0 Å². The predicted octanol–water partition coefficient (Wildman–Crippen LogP) is 11.2. The summed E-state index contributed by atoms with van der Waals surface area (Å²) in [5.41, 5.74) is 11.0. The average Bonchev–Trinajstić information content (AvgIpc) is 3.67. The van der Waals surface area contributed by atoms with E-state index in [4.69, 9.17) is 9.97 Å². The van der Waals surface area contributed by atoms with Crippen LogP contribution < -0.4 is 0 Å². The van der Waals surface area contributed by atoms with Crippen LogP contribution in [-0.2, 0) is 0 Å². The quantitative estimate of drug-likeness (QED) is 0.198. The van der Waals surface area contributed by atoms with Gasteiger partial charge in [0.1, 0.15) is 0 Å². The maximum absolute atomic E-state index is 5.23. The largest absolute Gasteiger partial charge is 0.309 e. The zero-order chi connectivity index (χ0) is 31.6. The molecule has 0 aliphatic carbocycles. The molecule has 0 atom stereocenters. The van der Waals surface area contributed by atoms with Crippen molar-refractivity contribution in [2.24, 2.45) is 0 Å². The fraction of sp³-hybridized carbons (Fsp3) is 0. The van der Waals surface area contributed by atoms with Gasteiger partial charge >= 0.3 is 0 Å². The van der Waals surface area contributed by atoms with Gasteiger partial charge in [-0.15, -0.1) is 0 Å². The number of para-hydroxylation sites is 4. The molecule has 0 N–H and O–H groups in total. The molecular formula is C44H28N4. The van der Waals surface area contributed by atoms with Gasteiger partial charge in [-0.2, -0.15) is 0 Å².